The second kappa shape index (κ2) is 6.69. The summed E-state index contributed by atoms with van der Waals surface area (Å²) < 4.78 is 5.48. The molecule has 2 aliphatic rings. The van der Waals surface area contributed by atoms with Crippen molar-refractivity contribution >= 4 is 17.6 Å². The summed E-state index contributed by atoms with van der Waals surface area (Å²) in [5.74, 6) is -0.333. The standard InChI is InChI=1S/C20H20N2O3/c23-19(14-8-3-1-4-9-14)22(15-10-5-2-6-11-15)21-18-16-12-7-13-17(16)25-20(18)24/h1-6,8-11,16-18,21H,7,12-13H2/t16-,17+,18-/m1/s1. The molecule has 2 aromatic carbocycles. The van der Waals surface area contributed by atoms with E-state index >= 15 is 0 Å². The van der Waals surface area contributed by atoms with Gasteiger partial charge in [-0.25, -0.2) is 10.4 Å². The van der Waals surface area contributed by atoms with Crippen molar-refractivity contribution in [3.8, 4) is 0 Å². The lowest BCUT2D eigenvalue weighted by Gasteiger charge is -2.27. The molecular formula is C20H20N2O3. The van der Waals surface area contributed by atoms with Crippen molar-refractivity contribution in [2.75, 3.05) is 5.01 Å². The van der Waals surface area contributed by atoms with Gasteiger partial charge in [-0.1, -0.05) is 36.4 Å². The molecule has 1 aliphatic carbocycles. The van der Waals surface area contributed by atoms with Gasteiger partial charge in [-0.3, -0.25) is 9.59 Å². The van der Waals surface area contributed by atoms with Gasteiger partial charge < -0.3 is 4.74 Å². The molecule has 5 nitrogen and oxygen atoms in total. The highest BCUT2D eigenvalue weighted by Crippen LogP contribution is 2.37. The lowest BCUT2D eigenvalue weighted by Crippen LogP contribution is -2.52. The third-order valence-corrected chi connectivity index (χ3v) is 4.96. The highest BCUT2D eigenvalue weighted by atomic mass is 16.6. The molecule has 3 atom stereocenters. The monoisotopic (exact) mass is 336 g/mol. The molecule has 0 bridgehead atoms. The van der Waals surface area contributed by atoms with Gasteiger partial charge in [0.25, 0.3) is 5.91 Å². The van der Waals surface area contributed by atoms with Crippen LogP contribution in [0.25, 0.3) is 0 Å². The average Bonchev–Trinajstić information content (AvgIpc) is 3.22. The molecule has 1 saturated heterocycles. The maximum atomic E-state index is 13.0. The number of esters is 1. The number of rotatable bonds is 4. The Balaban J connectivity index is 1.64. The molecule has 0 spiro atoms. The zero-order chi connectivity index (χ0) is 17.2. The topological polar surface area (TPSA) is 58.6 Å². The molecule has 1 amide bonds. The minimum Gasteiger partial charge on any atom is -0.461 e. The van der Waals surface area contributed by atoms with Crippen molar-refractivity contribution in [1.82, 2.24) is 5.43 Å². The number of carbonyl (C=O) groups is 2. The van der Waals surface area contributed by atoms with Gasteiger partial charge in [0.1, 0.15) is 12.1 Å². The number of benzene rings is 2. The van der Waals surface area contributed by atoms with E-state index in [2.05, 4.69) is 5.43 Å². The lowest BCUT2D eigenvalue weighted by atomic mass is 10.00. The van der Waals surface area contributed by atoms with Gasteiger partial charge in [0, 0.05) is 11.5 Å². The van der Waals surface area contributed by atoms with Crippen LogP contribution >= 0.6 is 0 Å². The number of para-hydroxylation sites is 1. The lowest BCUT2D eigenvalue weighted by molar-refractivity contribution is -0.143. The van der Waals surface area contributed by atoms with E-state index in [1.54, 1.807) is 12.1 Å². The summed E-state index contributed by atoms with van der Waals surface area (Å²) in [6.45, 7) is 0. The van der Waals surface area contributed by atoms with Crippen molar-refractivity contribution in [3.05, 3.63) is 66.2 Å². The molecule has 4 rings (SSSR count). The second-order valence-electron chi connectivity index (χ2n) is 6.52. The van der Waals surface area contributed by atoms with Crippen molar-refractivity contribution in [2.45, 2.75) is 31.4 Å². The van der Waals surface area contributed by atoms with E-state index in [9.17, 15) is 9.59 Å². The molecule has 1 saturated carbocycles. The van der Waals surface area contributed by atoms with E-state index in [-0.39, 0.29) is 23.9 Å². The van der Waals surface area contributed by atoms with Crippen LogP contribution in [0.4, 0.5) is 5.69 Å². The number of hydrogen-bond acceptors (Lipinski definition) is 4. The summed E-state index contributed by atoms with van der Waals surface area (Å²) in [5, 5.41) is 1.47. The molecule has 1 aliphatic heterocycles. The van der Waals surface area contributed by atoms with Crippen molar-refractivity contribution < 1.29 is 14.3 Å². The largest absolute Gasteiger partial charge is 0.461 e. The predicted octanol–water partition coefficient (Wildman–Crippen LogP) is 2.93. The number of ether oxygens (including phenoxy) is 1. The fourth-order valence-corrected chi connectivity index (χ4v) is 3.70. The number of fused-ring (bicyclic) bond motifs is 1. The van der Waals surface area contributed by atoms with E-state index in [1.807, 2.05) is 48.5 Å². The number of amides is 1. The smallest absolute Gasteiger partial charge is 0.325 e. The maximum absolute atomic E-state index is 13.0. The number of hydrazine groups is 1. The summed E-state index contributed by atoms with van der Waals surface area (Å²) in [6.07, 6.45) is 2.89. The number of hydrogen-bond donors (Lipinski definition) is 1. The molecule has 25 heavy (non-hydrogen) atoms. The summed E-state index contributed by atoms with van der Waals surface area (Å²) in [7, 11) is 0. The minimum absolute atomic E-state index is 0.0190. The SMILES string of the molecule is O=C1O[C@H]2CCC[C@H]2[C@H]1NN(C(=O)c1ccccc1)c1ccccc1. The van der Waals surface area contributed by atoms with Crippen LogP contribution in [0.2, 0.25) is 0 Å². The zero-order valence-electron chi connectivity index (χ0n) is 13.8. The van der Waals surface area contributed by atoms with Gasteiger partial charge in [0.05, 0.1) is 5.69 Å². The first kappa shape index (κ1) is 15.8. The van der Waals surface area contributed by atoms with Gasteiger partial charge in [0.15, 0.2) is 0 Å². The summed E-state index contributed by atoms with van der Waals surface area (Å²) in [6, 6.07) is 17.9. The van der Waals surface area contributed by atoms with E-state index in [0.29, 0.717) is 11.3 Å². The fraction of sp³-hybridized carbons (Fsp3) is 0.300. The molecule has 0 unspecified atom stereocenters. The quantitative estimate of drug-likeness (QED) is 0.689. The first-order valence-electron chi connectivity index (χ1n) is 8.65. The summed E-state index contributed by atoms with van der Waals surface area (Å²) in [4.78, 5) is 25.3. The first-order chi connectivity index (χ1) is 12.2. The van der Waals surface area contributed by atoms with Crippen LogP contribution in [0.3, 0.4) is 0 Å². The number of carbonyl (C=O) groups excluding carboxylic acids is 2. The van der Waals surface area contributed by atoms with Gasteiger partial charge in [-0.05, 0) is 43.5 Å². The van der Waals surface area contributed by atoms with Crippen molar-refractivity contribution in [3.63, 3.8) is 0 Å². The Morgan fingerprint density at radius 3 is 2.40 bits per heavy atom. The Hall–Kier alpha value is -2.66. The average molecular weight is 336 g/mol. The van der Waals surface area contributed by atoms with Crippen molar-refractivity contribution in [1.29, 1.82) is 0 Å². The van der Waals surface area contributed by atoms with Crippen LogP contribution in [-0.2, 0) is 9.53 Å². The number of nitrogens with zero attached hydrogens (tertiary/aromatic N) is 1. The van der Waals surface area contributed by atoms with Gasteiger partial charge in [-0.2, -0.15) is 0 Å². The summed E-state index contributed by atoms with van der Waals surface area (Å²) in [5.41, 5.74) is 4.42. The van der Waals surface area contributed by atoms with Crippen LogP contribution in [0.1, 0.15) is 29.6 Å². The van der Waals surface area contributed by atoms with Gasteiger partial charge >= 0.3 is 5.97 Å². The first-order valence-corrected chi connectivity index (χ1v) is 8.65. The van der Waals surface area contributed by atoms with E-state index in [4.69, 9.17) is 4.74 Å². The molecule has 1 heterocycles. The number of nitrogens with one attached hydrogen (secondary N) is 1. The normalized spacial score (nSPS) is 24.6. The molecule has 2 fully saturated rings. The molecule has 1 N–H and O–H groups in total. The van der Waals surface area contributed by atoms with Crippen LogP contribution in [-0.4, -0.2) is 24.0 Å². The minimum atomic E-state index is -0.486. The summed E-state index contributed by atoms with van der Waals surface area (Å²) >= 11 is 0. The molecular weight excluding hydrogens is 316 g/mol. The highest BCUT2D eigenvalue weighted by Gasteiger charge is 2.48. The van der Waals surface area contributed by atoms with Crippen LogP contribution in [0.15, 0.2) is 60.7 Å². The van der Waals surface area contributed by atoms with Gasteiger partial charge in [-0.15, -0.1) is 0 Å². The highest BCUT2D eigenvalue weighted by molar-refractivity contribution is 6.05. The Bertz CT molecular complexity index is 763. The van der Waals surface area contributed by atoms with Crippen LogP contribution < -0.4 is 10.4 Å². The van der Waals surface area contributed by atoms with Crippen molar-refractivity contribution in [2.24, 2.45) is 5.92 Å². The third-order valence-electron chi connectivity index (χ3n) is 4.96. The molecule has 128 valence electrons. The molecule has 0 aromatic heterocycles. The molecule has 5 heteroatoms. The zero-order valence-corrected chi connectivity index (χ0v) is 13.8. The van der Waals surface area contributed by atoms with Gasteiger partial charge in [0.2, 0.25) is 0 Å². The molecule has 2 aromatic rings. The molecule has 0 radical (unpaired) electrons. The number of anilines is 1. The maximum Gasteiger partial charge on any atom is 0.325 e. The van der Waals surface area contributed by atoms with E-state index in [1.165, 1.54) is 5.01 Å². The second-order valence-corrected chi connectivity index (χ2v) is 6.52. The predicted molar refractivity (Wildman–Crippen MR) is 93.8 cm³/mol. The van der Waals surface area contributed by atoms with Crippen LogP contribution in [0, 0.1) is 5.92 Å². The van der Waals surface area contributed by atoms with E-state index in [0.717, 1.165) is 19.3 Å². The Kier molecular flexibility index (Phi) is 4.24. The van der Waals surface area contributed by atoms with Crippen LogP contribution in [0.5, 0.6) is 0 Å². The third kappa shape index (κ3) is 3.03. The fourth-order valence-electron chi connectivity index (χ4n) is 3.70. The Morgan fingerprint density at radius 2 is 1.68 bits per heavy atom. The Morgan fingerprint density at radius 1 is 1.00 bits per heavy atom. The Labute approximate surface area is 146 Å². The van der Waals surface area contributed by atoms with E-state index < -0.39 is 6.04 Å².